The molecule has 2 nitrogen and oxygen atoms in total. The van der Waals surface area contributed by atoms with Crippen LogP contribution in [-0.2, 0) is 6.18 Å². The average Bonchev–Trinajstić information content (AvgIpc) is 2.15. The smallest absolute Gasteiger partial charge is 0.416 e. The minimum atomic E-state index is -4.41. The Labute approximate surface area is 85.3 Å². The van der Waals surface area contributed by atoms with E-state index in [0.29, 0.717) is 0 Å². The fraction of sp³-hybridized carbons (Fsp3) is 0.400. The predicted molar refractivity (Wildman–Crippen MR) is 48.6 cm³/mol. The maximum atomic E-state index is 12.3. The lowest BCUT2D eigenvalue weighted by Crippen LogP contribution is -2.07. The number of hydrogen-bond acceptors (Lipinski definition) is 2. The molecule has 0 saturated carbocycles. The van der Waals surface area contributed by atoms with Crippen molar-refractivity contribution >= 4 is 0 Å². The summed E-state index contributed by atoms with van der Waals surface area (Å²) in [6.07, 6.45) is -5.40. The van der Waals surface area contributed by atoms with Crippen molar-refractivity contribution in [3.05, 3.63) is 29.3 Å². The van der Waals surface area contributed by atoms with Gasteiger partial charge in [0.1, 0.15) is 5.75 Å². The molecule has 0 aliphatic rings. The largest absolute Gasteiger partial charge is 0.496 e. The molecule has 1 atom stereocenters. The van der Waals surface area contributed by atoms with Gasteiger partial charge >= 0.3 is 6.18 Å². The number of hydrogen-bond donors (Lipinski definition) is 1. The van der Waals surface area contributed by atoms with Crippen molar-refractivity contribution in [1.29, 1.82) is 0 Å². The number of methoxy groups -OCH3 is 1. The first-order valence-electron chi connectivity index (χ1n) is 4.29. The molecule has 0 unspecified atom stereocenters. The molecule has 0 aromatic heterocycles. The van der Waals surface area contributed by atoms with Crippen LogP contribution in [0.2, 0.25) is 0 Å². The van der Waals surface area contributed by atoms with Crippen LogP contribution in [0.1, 0.15) is 24.2 Å². The first kappa shape index (κ1) is 11.8. The van der Waals surface area contributed by atoms with Gasteiger partial charge in [0.15, 0.2) is 0 Å². The average molecular weight is 220 g/mol. The fourth-order valence-corrected chi connectivity index (χ4v) is 1.24. The van der Waals surface area contributed by atoms with Crippen molar-refractivity contribution < 1.29 is 23.0 Å². The zero-order chi connectivity index (χ0) is 11.6. The quantitative estimate of drug-likeness (QED) is 0.830. The standard InChI is InChI=1S/C10H11F3O2/c1-6(14)8-5-7(10(11,12)13)3-4-9(8)15-2/h3-6,14H,1-2H3/t6-/m0/s1. The number of rotatable bonds is 2. The molecule has 15 heavy (non-hydrogen) atoms. The lowest BCUT2D eigenvalue weighted by Gasteiger charge is -2.14. The van der Waals surface area contributed by atoms with E-state index in [2.05, 4.69) is 0 Å². The van der Waals surface area contributed by atoms with Crippen LogP contribution >= 0.6 is 0 Å². The fourth-order valence-electron chi connectivity index (χ4n) is 1.24. The molecule has 84 valence electrons. The maximum absolute atomic E-state index is 12.3. The molecule has 0 spiro atoms. The molecule has 0 amide bonds. The van der Waals surface area contributed by atoms with Crippen LogP contribution in [0, 0.1) is 0 Å². The van der Waals surface area contributed by atoms with E-state index in [1.807, 2.05) is 0 Å². The van der Waals surface area contributed by atoms with Gasteiger partial charge in [-0.1, -0.05) is 0 Å². The minimum Gasteiger partial charge on any atom is -0.496 e. The second kappa shape index (κ2) is 4.10. The first-order valence-corrected chi connectivity index (χ1v) is 4.29. The van der Waals surface area contributed by atoms with Crippen molar-refractivity contribution in [1.82, 2.24) is 0 Å². The van der Waals surface area contributed by atoms with E-state index in [1.165, 1.54) is 20.1 Å². The van der Waals surface area contributed by atoms with Gasteiger partial charge in [0, 0.05) is 5.56 Å². The Kier molecular flexibility index (Phi) is 3.24. The third-order valence-electron chi connectivity index (χ3n) is 2.01. The van der Waals surface area contributed by atoms with E-state index in [1.54, 1.807) is 0 Å². The number of aliphatic hydroxyl groups excluding tert-OH is 1. The second-order valence-corrected chi connectivity index (χ2v) is 3.13. The van der Waals surface area contributed by atoms with E-state index in [-0.39, 0.29) is 11.3 Å². The molecular formula is C10H11F3O2. The van der Waals surface area contributed by atoms with Gasteiger partial charge in [0.25, 0.3) is 0 Å². The Bertz CT molecular complexity index is 345. The highest BCUT2D eigenvalue weighted by Gasteiger charge is 2.31. The second-order valence-electron chi connectivity index (χ2n) is 3.13. The number of aliphatic hydroxyl groups is 1. The van der Waals surface area contributed by atoms with Crippen LogP contribution in [0.4, 0.5) is 13.2 Å². The van der Waals surface area contributed by atoms with Gasteiger partial charge in [-0.05, 0) is 25.1 Å². The van der Waals surface area contributed by atoms with Gasteiger partial charge in [-0.3, -0.25) is 0 Å². The molecule has 0 aliphatic heterocycles. The molecule has 0 saturated heterocycles. The van der Waals surface area contributed by atoms with Gasteiger partial charge < -0.3 is 9.84 Å². The molecule has 1 rings (SSSR count). The van der Waals surface area contributed by atoms with E-state index in [0.717, 1.165) is 12.1 Å². The molecular weight excluding hydrogens is 209 g/mol. The van der Waals surface area contributed by atoms with Gasteiger partial charge in [-0.15, -0.1) is 0 Å². The summed E-state index contributed by atoms with van der Waals surface area (Å²) < 4.78 is 41.9. The highest BCUT2D eigenvalue weighted by molar-refractivity contribution is 5.39. The topological polar surface area (TPSA) is 29.5 Å². The summed E-state index contributed by atoms with van der Waals surface area (Å²) in [6, 6.07) is 3.01. The predicted octanol–water partition coefficient (Wildman–Crippen LogP) is 2.77. The Morgan fingerprint density at radius 2 is 1.93 bits per heavy atom. The van der Waals surface area contributed by atoms with Gasteiger partial charge in [-0.25, -0.2) is 0 Å². The summed E-state index contributed by atoms with van der Waals surface area (Å²) in [6.45, 7) is 1.39. The van der Waals surface area contributed by atoms with Crippen LogP contribution in [0.25, 0.3) is 0 Å². The Hall–Kier alpha value is -1.23. The van der Waals surface area contributed by atoms with Crippen molar-refractivity contribution in [2.45, 2.75) is 19.2 Å². The van der Waals surface area contributed by atoms with E-state index in [9.17, 15) is 18.3 Å². The Morgan fingerprint density at radius 1 is 1.33 bits per heavy atom. The van der Waals surface area contributed by atoms with Crippen LogP contribution in [-0.4, -0.2) is 12.2 Å². The van der Waals surface area contributed by atoms with Gasteiger partial charge in [0.05, 0.1) is 18.8 Å². The number of halogens is 3. The molecule has 1 aromatic rings. The monoisotopic (exact) mass is 220 g/mol. The SMILES string of the molecule is COc1ccc(C(F)(F)F)cc1[C@H](C)O. The van der Waals surface area contributed by atoms with E-state index in [4.69, 9.17) is 4.74 Å². The third kappa shape index (κ3) is 2.62. The molecule has 0 fully saturated rings. The first-order chi connectivity index (χ1) is 6.86. The maximum Gasteiger partial charge on any atom is 0.416 e. The van der Waals surface area contributed by atoms with E-state index < -0.39 is 17.8 Å². The molecule has 0 heterocycles. The van der Waals surface area contributed by atoms with Crippen molar-refractivity contribution in [3.63, 3.8) is 0 Å². The summed E-state index contributed by atoms with van der Waals surface area (Å²) in [4.78, 5) is 0. The molecule has 0 bridgehead atoms. The van der Waals surface area contributed by atoms with Crippen molar-refractivity contribution in [3.8, 4) is 5.75 Å². The molecule has 1 N–H and O–H groups in total. The van der Waals surface area contributed by atoms with Gasteiger partial charge in [-0.2, -0.15) is 13.2 Å². The van der Waals surface area contributed by atoms with Crippen LogP contribution in [0.3, 0.4) is 0 Å². The zero-order valence-electron chi connectivity index (χ0n) is 8.30. The summed E-state index contributed by atoms with van der Waals surface area (Å²) >= 11 is 0. The van der Waals surface area contributed by atoms with Crippen molar-refractivity contribution in [2.24, 2.45) is 0 Å². The number of benzene rings is 1. The Morgan fingerprint density at radius 3 is 2.33 bits per heavy atom. The normalized spacial score (nSPS) is 13.7. The Balaban J connectivity index is 3.22. The summed E-state index contributed by atoms with van der Waals surface area (Å²) in [5.41, 5.74) is -0.661. The molecule has 5 heteroatoms. The summed E-state index contributed by atoms with van der Waals surface area (Å²) in [7, 11) is 1.34. The lowest BCUT2D eigenvalue weighted by atomic mass is 10.1. The van der Waals surface area contributed by atoms with Crippen molar-refractivity contribution in [2.75, 3.05) is 7.11 Å². The van der Waals surface area contributed by atoms with Crippen LogP contribution in [0.5, 0.6) is 5.75 Å². The highest BCUT2D eigenvalue weighted by atomic mass is 19.4. The minimum absolute atomic E-state index is 0.132. The zero-order valence-corrected chi connectivity index (χ0v) is 8.30. The molecule has 1 aromatic carbocycles. The summed E-state index contributed by atoms with van der Waals surface area (Å²) in [5.74, 6) is 0.248. The number of alkyl halides is 3. The van der Waals surface area contributed by atoms with Crippen LogP contribution in [0.15, 0.2) is 18.2 Å². The molecule has 0 aliphatic carbocycles. The highest BCUT2D eigenvalue weighted by Crippen LogP contribution is 2.34. The number of ether oxygens (including phenoxy) is 1. The molecule has 0 radical (unpaired) electrons. The lowest BCUT2D eigenvalue weighted by molar-refractivity contribution is -0.137. The third-order valence-corrected chi connectivity index (χ3v) is 2.01. The van der Waals surface area contributed by atoms with Crippen LogP contribution < -0.4 is 4.74 Å². The van der Waals surface area contributed by atoms with Gasteiger partial charge in [0.2, 0.25) is 0 Å². The summed E-state index contributed by atoms with van der Waals surface area (Å²) in [5, 5.41) is 9.28. The van der Waals surface area contributed by atoms with E-state index >= 15 is 0 Å².